The maximum atomic E-state index is 12.1. The maximum Gasteiger partial charge on any atom is 0.422 e. The van der Waals surface area contributed by atoms with E-state index in [0.29, 0.717) is 21.8 Å². The van der Waals surface area contributed by atoms with Gasteiger partial charge in [-0.25, -0.2) is 4.79 Å². The van der Waals surface area contributed by atoms with Crippen LogP contribution in [0.15, 0.2) is 48.5 Å². The fourth-order valence-electron chi connectivity index (χ4n) is 1.88. The number of halogens is 4. The van der Waals surface area contributed by atoms with Crippen LogP contribution in [0.25, 0.3) is 0 Å². The topological polar surface area (TPSA) is 67.4 Å². The van der Waals surface area contributed by atoms with Crippen molar-refractivity contribution < 1.29 is 27.5 Å². The SMILES string of the molecule is O=C(NCc1ccc(C(=O)Nc2ccc(Cl)cc2)cc1)OCC(F)(F)F. The van der Waals surface area contributed by atoms with Crippen LogP contribution < -0.4 is 10.6 Å². The van der Waals surface area contributed by atoms with Crippen molar-refractivity contribution in [3.05, 3.63) is 64.7 Å². The van der Waals surface area contributed by atoms with Gasteiger partial charge in [-0.05, 0) is 42.0 Å². The Balaban J connectivity index is 1.84. The molecule has 0 bridgehead atoms. The monoisotopic (exact) mass is 386 g/mol. The lowest BCUT2D eigenvalue weighted by Crippen LogP contribution is -2.28. The number of carbonyl (C=O) groups excluding carboxylic acids is 2. The van der Waals surface area contributed by atoms with E-state index >= 15 is 0 Å². The average molecular weight is 387 g/mol. The summed E-state index contributed by atoms with van der Waals surface area (Å²) in [5.74, 6) is -0.337. The van der Waals surface area contributed by atoms with Gasteiger partial charge < -0.3 is 15.4 Å². The average Bonchev–Trinajstić information content (AvgIpc) is 2.60. The van der Waals surface area contributed by atoms with E-state index in [1.54, 1.807) is 36.4 Å². The summed E-state index contributed by atoms with van der Waals surface area (Å²) in [5.41, 5.74) is 1.55. The highest BCUT2D eigenvalue weighted by atomic mass is 35.5. The van der Waals surface area contributed by atoms with E-state index in [1.807, 2.05) is 0 Å². The summed E-state index contributed by atoms with van der Waals surface area (Å²) >= 11 is 5.77. The molecule has 2 aromatic rings. The molecule has 2 amide bonds. The Morgan fingerprint density at radius 3 is 2.19 bits per heavy atom. The molecule has 0 saturated carbocycles. The number of amides is 2. The van der Waals surface area contributed by atoms with Crippen LogP contribution in [0.1, 0.15) is 15.9 Å². The van der Waals surface area contributed by atoms with Gasteiger partial charge in [0.25, 0.3) is 5.91 Å². The van der Waals surface area contributed by atoms with Gasteiger partial charge in [-0.15, -0.1) is 0 Å². The molecule has 0 aliphatic carbocycles. The second kappa shape index (κ2) is 8.57. The Hall–Kier alpha value is -2.74. The van der Waals surface area contributed by atoms with Crippen LogP contribution in [-0.2, 0) is 11.3 Å². The summed E-state index contributed by atoms with van der Waals surface area (Å²) in [6, 6.07) is 12.8. The van der Waals surface area contributed by atoms with Gasteiger partial charge in [0.15, 0.2) is 6.61 Å². The third-order valence-electron chi connectivity index (χ3n) is 3.12. The molecule has 2 N–H and O–H groups in total. The zero-order valence-corrected chi connectivity index (χ0v) is 14.0. The van der Waals surface area contributed by atoms with Gasteiger partial charge in [0, 0.05) is 22.8 Å². The van der Waals surface area contributed by atoms with Crippen LogP contribution in [0.4, 0.5) is 23.7 Å². The fraction of sp³-hybridized carbons (Fsp3) is 0.176. The van der Waals surface area contributed by atoms with Crippen molar-refractivity contribution in [1.82, 2.24) is 5.32 Å². The molecular formula is C17H14ClF3N2O3. The number of carbonyl (C=O) groups is 2. The lowest BCUT2D eigenvalue weighted by atomic mass is 10.1. The predicted octanol–water partition coefficient (Wildman–Crippen LogP) is 4.38. The molecule has 0 saturated heterocycles. The Kier molecular flexibility index (Phi) is 6.46. The van der Waals surface area contributed by atoms with Crippen molar-refractivity contribution in [2.45, 2.75) is 12.7 Å². The van der Waals surface area contributed by atoms with Crippen LogP contribution in [0.2, 0.25) is 5.02 Å². The lowest BCUT2D eigenvalue weighted by Gasteiger charge is -2.09. The molecule has 26 heavy (non-hydrogen) atoms. The highest BCUT2D eigenvalue weighted by molar-refractivity contribution is 6.30. The first-order valence-corrected chi connectivity index (χ1v) is 7.74. The first-order valence-electron chi connectivity index (χ1n) is 7.36. The Morgan fingerprint density at radius 1 is 1.00 bits per heavy atom. The summed E-state index contributed by atoms with van der Waals surface area (Å²) in [6.45, 7) is -1.68. The number of anilines is 1. The summed E-state index contributed by atoms with van der Waals surface area (Å²) < 4.78 is 39.8. The molecule has 9 heteroatoms. The largest absolute Gasteiger partial charge is 0.440 e. The van der Waals surface area contributed by atoms with Crippen LogP contribution in [0.5, 0.6) is 0 Å². The second-order valence-electron chi connectivity index (χ2n) is 5.20. The van der Waals surface area contributed by atoms with E-state index in [9.17, 15) is 22.8 Å². The summed E-state index contributed by atoms with van der Waals surface area (Å²) in [7, 11) is 0. The normalized spacial score (nSPS) is 10.9. The number of ether oxygens (including phenoxy) is 1. The Morgan fingerprint density at radius 2 is 1.62 bits per heavy atom. The number of nitrogens with one attached hydrogen (secondary N) is 2. The van der Waals surface area contributed by atoms with E-state index in [0.717, 1.165) is 0 Å². The molecule has 138 valence electrons. The van der Waals surface area contributed by atoms with Crippen LogP contribution in [0, 0.1) is 0 Å². The van der Waals surface area contributed by atoms with Gasteiger partial charge in [-0.3, -0.25) is 4.79 Å². The smallest absolute Gasteiger partial charge is 0.422 e. The number of hydrogen-bond donors (Lipinski definition) is 2. The van der Waals surface area contributed by atoms with E-state index in [4.69, 9.17) is 11.6 Å². The molecule has 2 rings (SSSR count). The Bertz CT molecular complexity index is 762. The van der Waals surface area contributed by atoms with Crippen molar-refractivity contribution in [1.29, 1.82) is 0 Å². The predicted molar refractivity (Wildman–Crippen MR) is 90.1 cm³/mol. The fourth-order valence-corrected chi connectivity index (χ4v) is 2.01. The summed E-state index contributed by atoms with van der Waals surface area (Å²) in [5, 5.41) is 5.43. The molecule has 0 aromatic heterocycles. The molecule has 0 spiro atoms. The maximum absolute atomic E-state index is 12.1. The summed E-state index contributed by atoms with van der Waals surface area (Å²) in [4.78, 5) is 23.3. The molecule has 0 unspecified atom stereocenters. The van der Waals surface area contributed by atoms with Crippen molar-refractivity contribution in [2.75, 3.05) is 11.9 Å². The number of alkyl carbamates (subject to hydrolysis) is 1. The van der Waals surface area contributed by atoms with Crippen LogP contribution in [0.3, 0.4) is 0 Å². The minimum absolute atomic E-state index is 0.0320. The first kappa shape index (κ1) is 19.6. The minimum Gasteiger partial charge on any atom is -0.440 e. The molecule has 0 aliphatic heterocycles. The molecular weight excluding hydrogens is 373 g/mol. The molecule has 0 aliphatic rings. The number of hydrogen-bond acceptors (Lipinski definition) is 3. The Labute approximate surface area is 152 Å². The standard InChI is InChI=1S/C17H14ClF3N2O3/c18-13-5-7-14(8-6-13)23-15(24)12-3-1-11(2-4-12)9-22-16(25)26-10-17(19,20)21/h1-8H,9-10H2,(H,22,25)(H,23,24). The highest BCUT2D eigenvalue weighted by Gasteiger charge is 2.29. The van der Waals surface area contributed by atoms with Gasteiger partial charge >= 0.3 is 12.3 Å². The minimum atomic E-state index is -4.57. The second-order valence-corrected chi connectivity index (χ2v) is 5.64. The van der Waals surface area contributed by atoms with Crippen molar-refractivity contribution >= 4 is 29.3 Å². The zero-order chi connectivity index (χ0) is 19.2. The van der Waals surface area contributed by atoms with Crippen LogP contribution in [-0.4, -0.2) is 24.8 Å². The van der Waals surface area contributed by atoms with E-state index in [1.165, 1.54) is 12.1 Å². The molecule has 0 radical (unpaired) electrons. The first-order chi connectivity index (χ1) is 12.2. The molecule has 0 heterocycles. The van der Waals surface area contributed by atoms with E-state index < -0.39 is 18.9 Å². The third-order valence-corrected chi connectivity index (χ3v) is 3.37. The zero-order valence-electron chi connectivity index (χ0n) is 13.3. The van der Waals surface area contributed by atoms with Crippen molar-refractivity contribution in [3.63, 3.8) is 0 Å². The van der Waals surface area contributed by atoms with Crippen LogP contribution >= 0.6 is 11.6 Å². The van der Waals surface area contributed by atoms with Gasteiger partial charge in [0.1, 0.15) is 0 Å². The molecule has 0 fully saturated rings. The van der Waals surface area contributed by atoms with E-state index in [2.05, 4.69) is 15.4 Å². The quantitative estimate of drug-likeness (QED) is 0.801. The van der Waals surface area contributed by atoms with Gasteiger partial charge in [-0.2, -0.15) is 13.2 Å². The molecule has 5 nitrogen and oxygen atoms in total. The molecule has 0 atom stereocenters. The van der Waals surface area contributed by atoms with Gasteiger partial charge in [0.2, 0.25) is 0 Å². The van der Waals surface area contributed by atoms with Crippen molar-refractivity contribution in [3.8, 4) is 0 Å². The highest BCUT2D eigenvalue weighted by Crippen LogP contribution is 2.15. The van der Waals surface area contributed by atoms with Gasteiger partial charge in [0.05, 0.1) is 0 Å². The molecule has 2 aromatic carbocycles. The number of benzene rings is 2. The number of alkyl halides is 3. The third kappa shape index (κ3) is 6.64. The lowest BCUT2D eigenvalue weighted by molar-refractivity contribution is -0.160. The summed E-state index contributed by atoms with van der Waals surface area (Å²) in [6.07, 6.45) is -5.75. The number of rotatable bonds is 5. The van der Waals surface area contributed by atoms with E-state index in [-0.39, 0.29) is 12.5 Å². The van der Waals surface area contributed by atoms with Gasteiger partial charge in [-0.1, -0.05) is 23.7 Å². The van der Waals surface area contributed by atoms with Crippen molar-refractivity contribution in [2.24, 2.45) is 0 Å².